The van der Waals surface area contributed by atoms with Gasteiger partial charge in [0.1, 0.15) is 11.8 Å². The molecule has 0 aliphatic rings. The summed E-state index contributed by atoms with van der Waals surface area (Å²) >= 11 is 0. The molecular formula is C15H11N5O2. The van der Waals surface area contributed by atoms with Gasteiger partial charge in [-0.1, -0.05) is 6.07 Å². The van der Waals surface area contributed by atoms with E-state index in [2.05, 4.69) is 15.0 Å². The number of para-hydroxylation sites is 1. The number of rotatable bonds is 2. The normalized spacial score (nSPS) is 11.3. The molecule has 3 aromatic heterocycles. The molecular weight excluding hydrogens is 282 g/mol. The molecule has 22 heavy (non-hydrogen) atoms. The lowest BCUT2D eigenvalue weighted by Gasteiger charge is -2.06. The van der Waals surface area contributed by atoms with Crippen LogP contribution in [0.4, 0.5) is 0 Å². The summed E-state index contributed by atoms with van der Waals surface area (Å²) in [4.78, 5) is 24.2. The van der Waals surface area contributed by atoms with Gasteiger partial charge in [-0.3, -0.25) is 9.20 Å². The summed E-state index contributed by atoms with van der Waals surface area (Å²) in [6.07, 6.45) is 2.93. The van der Waals surface area contributed by atoms with Crippen LogP contribution in [-0.2, 0) is 0 Å². The van der Waals surface area contributed by atoms with E-state index in [0.29, 0.717) is 16.9 Å². The van der Waals surface area contributed by atoms with Gasteiger partial charge in [0, 0.05) is 11.3 Å². The van der Waals surface area contributed by atoms with Crippen LogP contribution >= 0.6 is 0 Å². The van der Waals surface area contributed by atoms with Gasteiger partial charge < -0.3 is 10.2 Å². The molecule has 3 heterocycles. The van der Waals surface area contributed by atoms with E-state index < -0.39 is 5.91 Å². The van der Waals surface area contributed by atoms with E-state index in [1.165, 1.54) is 12.7 Å². The molecule has 1 aromatic carbocycles. The molecule has 1 amide bonds. The third-order valence-corrected chi connectivity index (χ3v) is 3.56. The zero-order chi connectivity index (χ0) is 15.3. The van der Waals surface area contributed by atoms with E-state index in [9.17, 15) is 4.79 Å². The molecule has 0 atom stereocenters. The number of carbonyl (C=O) groups is 1. The molecule has 0 saturated carbocycles. The molecule has 4 rings (SSSR count). The Morgan fingerprint density at radius 1 is 1.32 bits per heavy atom. The highest BCUT2D eigenvalue weighted by Gasteiger charge is 2.16. The predicted octanol–water partition coefficient (Wildman–Crippen LogP) is 1.94. The van der Waals surface area contributed by atoms with Crippen molar-refractivity contribution < 1.29 is 9.21 Å². The highest BCUT2D eigenvalue weighted by molar-refractivity contribution is 5.97. The van der Waals surface area contributed by atoms with Crippen molar-refractivity contribution in [3.05, 3.63) is 48.4 Å². The van der Waals surface area contributed by atoms with Gasteiger partial charge in [-0.2, -0.15) is 0 Å². The van der Waals surface area contributed by atoms with Crippen LogP contribution in [-0.4, -0.2) is 25.3 Å². The molecule has 7 nitrogen and oxygen atoms in total. The van der Waals surface area contributed by atoms with Gasteiger partial charge >= 0.3 is 0 Å². The number of amides is 1. The highest BCUT2D eigenvalue weighted by atomic mass is 16.3. The topological polar surface area (TPSA) is 99.3 Å². The van der Waals surface area contributed by atoms with E-state index in [1.807, 2.05) is 31.2 Å². The standard InChI is InChI=1S/C15H11N5O2/c1-8-5-11(9-3-2-4-10-13(9)22-7-18-10)19-15-12(14(16)21)17-6-20(8)15/h2-7H,1H3,(H2,16,21). The SMILES string of the molecule is Cc1cc(-c2cccc3ncoc23)nc2c(C(N)=O)ncn12. The molecule has 0 aliphatic carbocycles. The molecule has 0 spiro atoms. The Bertz CT molecular complexity index is 1030. The quantitative estimate of drug-likeness (QED) is 0.609. The molecule has 0 aliphatic heterocycles. The van der Waals surface area contributed by atoms with Crippen LogP contribution in [0.25, 0.3) is 28.0 Å². The van der Waals surface area contributed by atoms with Gasteiger partial charge in [-0.05, 0) is 25.1 Å². The van der Waals surface area contributed by atoms with Gasteiger partial charge in [0.05, 0.1) is 5.69 Å². The molecule has 0 unspecified atom stereocenters. The number of aromatic nitrogens is 4. The summed E-state index contributed by atoms with van der Waals surface area (Å²) in [7, 11) is 0. The molecule has 0 saturated heterocycles. The largest absolute Gasteiger partial charge is 0.443 e. The fourth-order valence-corrected chi connectivity index (χ4v) is 2.52. The molecule has 2 N–H and O–H groups in total. The number of carbonyl (C=O) groups excluding carboxylic acids is 1. The number of benzene rings is 1. The lowest BCUT2D eigenvalue weighted by molar-refractivity contribution is 0.0997. The first-order valence-corrected chi connectivity index (χ1v) is 6.62. The fourth-order valence-electron chi connectivity index (χ4n) is 2.52. The van der Waals surface area contributed by atoms with Gasteiger partial charge in [0.25, 0.3) is 5.91 Å². The summed E-state index contributed by atoms with van der Waals surface area (Å²) in [5.41, 5.74) is 9.70. The third-order valence-electron chi connectivity index (χ3n) is 3.56. The molecule has 7 heteroatoms. The second kappa shape index (κ2) is 4.39. The maximum Gasteiger partial charge on any atom is 0.271 e. The van der Waals surface area contributed by atoms with E-state index in [0.717, 1.165) is 16.8 Å². The number of hydrogen-bond acceptors (Lipinski definition) is 5. The van der Waals surface area contributed by atoms with Gasteiger partial charge in [-0.25, -0.2) is 15.0 Å². The zero-order valence-corrected chi connectivity index (χ0v) is 11.6. The number of oxazole rings is 1. The first-order valence-electron chi connectivity index (χ1n) is 6.62. The Labute approximate surface area is 124 Å². The van der Waals surface area contributed by atoms with Gasteiger partial charge in [0.15, 0.2) is 23.3 Å². The Morgan fingerprint density at radius 3 is 3.00 bits per heavy atom. The number of aryl methyl sites for hydroxylation is 1. The minimum absolute atomic E-state index is 0.148. The van der Waals surface area contributed by atoms with Gasteiger partial charge in [-0.15, -0.1) is 0 Å². The summed E-state index contributed by atoms with van der Waals surface area (Å²) in [6, 6.07) is 7.54. The number of fused-ring (bicyclic) bond motifs is 2. The number of hydrogen-bond donors (Lipinski definition) is 1. The first kappa shape index (κ1) is 12.5. The fraction of sp³-hybridized carbons (Fsp3) is 0.0667. The van der Waals surface area contributed by atoms with Crippen LogP contribution in [0.2, 0.25) is 0 Å². The maximum absolute atomic E-state index is 11.5. The summed E-state index contributed by atoms with van der Waals surface area (Å²) in [5.74, 6) is -0.607. The predicted molar refractivity (Wildman–Crippen MR) is 79.2 cm³/mol. The Kier molecular flexibility index (Phi) is 2.50. The van der Waals surface area contributed by atoms with Crippen LogP contribution in [0.5, 0.6) is 0 Å². The number of primary amides is 1. The molecule has 0 fully saturated rings. The molecule has 4 aromatic rings. The van der Waals surface area contributed by atoms with E-state index in [1.54, 1.807) is 4.40 Å². The minimum Gasteiger partial charge on any atom is -0.443 e. The second-order valence-corrected chi connectivity index (χ2v) is 4.94. The lowest BCUT2D eigenvalue weighted by atomic mass is 10.1. The summed E-state index contributed by atoms with van der Waals surface area (Å²) < 4.78 is 7.18. The van der Waals surface area contributed by atoms with Crippen LogP contribution in [0, 0.1) is 6.92 Å². The Balaban J connectivity index is 2.05. The second-order valence-electron chi connectivity index (χ2n) is 4.94. The van der Waals surface area contributed by atoms with Crippen molar-refractivity contribution in [2.24, 2.45) is 5.73 Å². The minimum atomic E-state index is -0.607. The number of nitrogens with two attached hydrogens (primary N) is 1. The summed E-state index contributed by atoms with van der Waals surface area (Å²) in [6.45, 7) is 1.91. The average molecular weight is 293 g/mol. The van der Waals surface area contributed by atoms with Gasteiger partial charge in [0.2, 0.25) is 0 Å². The van der Waals surface area contributed by atoms with Crippen LogP contribution in [0.3, 0.4) is 0 Å². The average Bonchev–Trinajstić information content (AvgIpc) is 3.13. The first-order chi connectivity index (χ1) is 10.6. The zero-order valence-electron chi connectivity index (χ0n) is 11.6. The maximum atomic E-state index is 11.5. The van der Waals surface area contributed by atoms with Crippen LogP contribution < -0.4 is 5.73 Å². The van der Waals surface area contributed by atoms with Crippen molar-refractivity contribution in [2.75, 3.05) is 0 Å². The number of imidazole rings is 1. The monoisotopic (exact) mass is 293 g/mol. The van der Waals surface area contributed by atoms with Crippen molar-refractivity contribution in [1.29, 1.82) is 0 Å². The molecule has 0 bridgehead atoms. The highest BCUT2D eigenvalue weighted by Crippen LogP contribution is 2.28. The van der Waals surface area contributed by atoms with E-state index >= 15 is 0 Å². The molecule has 0 radical (unpaired) electrons. The number of nitrogens with zero attached hydrogens (tertiary/aromatic N) is 4. The molecule has 108 valence electrons. The summed E-state index contributed by atoms with van der Waals surface area (Å²) in [5, 5.41) is 0. The third kappa shape index (κ3) is 1.69. The van der Waals surface area contributed by atoms with Crippen molar-refractivity contribution >= 4 is 22.7 Å². The van der Waals surface area contributed by atoms with Crippen LogP contribution in [0.1, 0.15) is 16.2 Å². The van der Waals surface area contributed by atoms with E-state index in [-0.39, 0.29) is 5.69 Å². The lowest BCUT2D eigenvalue weighted by Crippen LogP contribution is -2.12. The van der Waals surface area contributed by atoms with E-state index in [4.69, 9.17) is 10.2 Å². The smallest absolute Gasteiger partial charge is 0.271 e. The van der Waals surface area contributed by atoms with Crippen molar-refractivity contribution in [3.63, 3.8) is 0 Å². The van der Waals surface area contributed by atoms with Crippen molar-refractivity contribution in [2.45, 2.75) is 6.92 Å². The van der Waals surface area contributed by atoms with Crippen molar-refractivity contribution in [1.82, 2.24) is 19.4 Å². The van der Waals surface area contributed by atoms with Crippen LogP contribution in [0.15, 0.2) is 41.4 Å². The van der Waals surface area contributed by atoms with Crippen molar-refractivity contribution in [3.8, 4) is 11.3 Å². The Hall–Kier alpha value is -3.22. The Morgan fingerprint density at radius 2 is 2.18 bits per heavy atom.